The van der Waals surface area contributed by atoms with E-state index in [1.54, 1.807) is 12.3 Å². The molecule has 2 aromatic carbocycles. The van der Waals surface area contributed by atoms with Gasteiger partial charge in [-0.05, 0) is 94.5 Å². The van der Waals surface area contributed by atoms with E-state index >= 15 is 0 Å². The van der Waals surface area contributed by atoms with Gasteiger partial charge >= 0.3 is 0 Å². The molecule has 3 aromatic rings. The lowest BCUT2D eigenvalue weighted by Gasteiger charge is -2.47. The lowest BCUT2D eigenvalue weighted by atomic mass is 9.79. The monoisotopic (exact) mass is 490 g/mol. The van der Waals surface area contributed by atoms with Crippen molar-refractivity contribution in [2.24, 2.45) is 5.10 Å². The molecule has 4 rings (SSSR count). The van der Waals surface area contributed by atoms with Gasteiger partial charge in [0.25, 0.3) is 5.91 Å². The molecule has 5 nitrogen and oxygen atoms in total. The molecule has 35 heavy (non-hydrogen) atoms. The van der Waals surface area contributed by atoms with Crippen molar-refractivity contribution in [1.82, 2.24) is 9.99 Å². The van der Waals surface area contributed by atoms with Crippen molar-refractivity contribution in [3.63, 3.8) is 0 Å². The smallest absolute Gasteiger partial charge is 0.271 e. The van der Waals surface area contributed by atoms with Crippen LogP contribution in [0.1, 0.15) is 79.3 Å². The Labute approximate surface area is 213 Å². The van der Waals surface area contributed by atoms with Gasteiger partial charge in [-0.1, -0.05) is 31.5 Å². The summed E-state index contributed by atoms with van der Waals surface area (Å²) in [4.78, 5) is 15.3. The Balaban J connectivity index is 1.54. The van der Waals surface area contributed by atoms with Crippen LogP contribution in [0.3, 0.4) is 0 Å². The lowest BCUT2D eigenvalue weighted by molar-refractivity contribution is 0.0955. The SMILES string of the molecule is CCCN1c2cc(Cl)c(/C=N\NC(=O)c3cccc(-n4c(C)ccc4C)c3)cc2C(C)CC1(C)C. The van der Waals surface area contributed by atoms with Crippen LogP contribution in [0.4, 0.5) is 5.69 Å². The average molecular weight is 491 g/mol. The second kappa shape index (κ2) is 9.90. The molecule has 0 saturated heterocycles. The number of aryl methyl sites for hydroxylation is 2. The minimum absolute atomic E-state index is 0.0849. The molecule has 184 valence electrons. The summed E-state index contributed by atoms with van der Waals surface area (Å²) in [5, 5.41) is 4.87. The highest BCUT2D eigenvalue weighted by atomic mass is 35.5. The first-order valence-corrected chi connectivity index (χ1v) is 12.7. The van der Waals surface area contributed by atoms with Gasteiger partial charge in [-0.2, -0.15) is 5.10 Å². The number of halogens is 1. The zero-order chi connectivity index (χ0) is 25.3. The molecule has 1 aliphatic rings. The van der Waals surface area contributed by atoms with Gasteiger partial charge in [0.05, 0.1) is 11.2 Å². The zero-order valence-electron chi connectivity index (χ0n) is 21.5. The Morgan fingerprint density at radius 1 is 1.17 bits per heavy atom. The van der Waals surface area contributed by atoms with Gasteiger partial charge in [0.15, 0.2) is 0 Å². The first kappa shape index (κ1) is 25.1. The molecule has 1 N–H and O–H groups in total. The highest BCUT2D eigenvalue weighted by Gasteiger charge is 2.36. The quantitative estimate of drug-likeness (QED) is 0.298. The Morgan fingerprint density at radius 2 is 1.89 bits per heavy atom. The zero-order valence-corrected chi connectivity index (χ0v) is 22.3. The van der Waals surface area contributed by atoms with Crippen LogP contribution in [0, 0.1) is 13.8 Å². The molecular formula is C29H35ClN4O. The molecule has 1 aliphatic heterocycles. The van der Waals surface area contributed by atoms with Gasteiger partial charge < -0.3 is 9.47 Å². The van der Waals surface area contributed by atoms with E-state index in [4.69, 9.17) is 11.6 Å². The molecule has 6 heteroatoms. The minimum Gasteiger partial charge on any atom is -0.366 e. The van der Waals surface area contributed by atoms with E-state index in [0.717, 1.165) is 42.0 Å². The Bertz CT molecular complexity index is 1250. The summed E-state index contributed by atoms with van der Waals surface area (Å²) >= 11 is 6.67. The van der Waals surface area contributed by atoms with Crippen molar-refractivity contribution in [1.29, 1.82) is 0 Å². The first-order chi connectivity index (χ1) is 16.6. The molecule has 0 bridgehead atoms. The summed E-state index contributed by atoms with van der Waals surface area (Å²) < 4.78 is 2.12. The van der Waals surface area contributed by atoms with Crippen LogP contribution in [-0.2, 0) is 0 Å². The predicted molar refractivity (Wildman–Crippen MR) is 147 cm³/mol. The number of aromatic nitrogens is 1. The van der Waals surface area contributed by atoms with Gasteiger partial charge in [-0.15, -0.1) is 0 Å². The fourth-order valence-electron chi connectivity index (χ4n) is 5.35. The van der Waals surface area contributed by atoms with Gasteiger partial charge in [0, 0.05) is 46.0 Å². The van der Waals surface area contributed by atoms with E-state index in [-0.39, 0.29) is 11.4 Å². The number of rotatable bonds is 6. The Morgan fingerprint density at radius 3 is 2.57 bits per heavy atom. The van der Waals surface area contributed by atoms with Crippen LogP contribution in [-0.4, -0.2) is 28.8 Å². The minimum atomic E-state index is -0.260. The maximum atomic E-state index is 12.8. The summed E-state index contributed by atoms with van der Waals surface area (Å²) in [7, 11) is 0. The van der Waals surface area contributed by atoms with Gasteiger partial charge in [0.1, 0.15) is 0 Å². The lowest BCUT2D eigenvalue weighted by Crippen LogP contribution is -2.48. The molecule has 0 aliphatic carbocycles. The third-order valence-corrected chi connectivity index (χ3v) is 7.29. The van der Waals surface area contributed by atoms with E-state index in [2.05, 4.69) is 85.8 Å². The van der Waals surface area contributed by atoms with Crippen LogP contribution < -0.4 is 10.3 Å². The highest BCUT2D eigenvalue weighted by Crippen LogP contribution is 2.45. The van der Waals surface area contributed by atoms with E-state index in [1.165, 1.54) is 11.3 Å². The van der Waals surface area contributed by atoms with E-state index in [0.29, 0.717) is 16.5 Å². The summed E-state index contributed by atoms with van der Waals surface area (Å²) in [6, 6.07) is 15.9. The second-order valence-corrected chi connectivity index (χ2v) is 10.6. The third-order valence-electron chi connectivity index (χ3n) is 6.96. The van der Waals surface area contributed by atoms with Gasteiger partial charge in [-0.25, -0.2) is 5.43 Å². The van der Waals surface area contributed by atoms with E-state index in [9.17, 15) is 4.79 Å². The first-order valence-electron chi connectivity index (χ1n) is 12.3. The van der Waals surface area contributed by atoms with Crippen molar-refractivity contribution >= 4 is 29.4 Å². The number of amides is 1. The highest BCUT2D eigenvalue weighted by molar-refractivity contribution is 6.33. The van der Waals surface area contributed by atoms with Crippen LogP contribution in [0.25, 0.3) is 5.69 Å². The Kier molecular flexibility index (Phi) is 7.09. The average Bonchev–Trinajstić information content (AvgIpc) is 3.14. The largest absolute Gasteiger partial charge is 0.366 e. The topological polar surface area (TPSA) is 49.6 Å². The summed E-state index contributed by atoms with van der Waals surface area (Å²) in [5.74, 6) is 0.152. The Hall–Kier alpha value is -3.05. The standard InChI is InChI=1S/C29H35ClN4O/c1-7-13-33-27-16-26(30)23(15-25(27)19(2)17-29(33,5)6)18-31-32-28(35)22-9-8-10-24(14-22)34-20(3)11-12-21(34)4/h8-12,14-16,18-19H,7,13,17H2,1-6H3,(H,32,35)/b31-18-. The number of hydrogen-bond donors (Lipinski definition) is 1. The van der Waals surface area contributed by atoms with Crippen LogP contribution in [0.2, 0.25) is 5.02 Å². The fourth-order valence-corrected chi connectivity index (χ4v) is 5.56. The van der Waals surface area contributed by atoms with Crippen LogP contribution in [0.15, 0.2) is 53.6 Å². The molecule has 0 spiro atoms. The van der Waals surface area contributed by atoms with Crippen LogP contribution >= 0.6 is 11.6 Å². The van der Waals surface area contributed by atoms with Crippen molar-refractivity contribution in [3.05, 3.63) is 81.6 Å². The number of carbonyl (C=O) groups excluding carboxylic acids is 1. The summed E-state index contributed by atoms with van der Waals surface area (Å²) in [6.07, 6.45) is 3.79. The molecule has 2 heterocycles. The molecular weight excluding hydrogens is 456 g/mol. The fraction of sp³-hybridized carbons (Fsp3) is 0.379. The maximum absolute atomic E-state index is 12.8. The predicted octanol–water partition coefficient (Wildman–Crippen LogP) is 7.01. The molecule has 0 radical (unpaired) electrons. The van der Waals surface area contributed by atoms with Gasteiger partial charge in [-0.3, -0.25) is 4.79 Å². The van der Waals surface area contributed by atoms with E-state index in [1.807, 2.05) is 18.2 Å². The van der Waals surface area contributed by atoms with Crippen molar-refractivity contribution in [2.75, 3.05) is 11.4 Å². The molecule has 0 saturated carbocycles. The number of nitrogens with one attached hydrogen (secondary N) is 1. The maximum Gasteiger partial charge on any atom is 0.271 e. The number of hydrogen-bond acceptors (Lipinski definition) is 3. The van der Waals surface area contributed by atoms with E-state index < -0.39 is 0 Å². The second-order valence-electron chi connectivity index (χ2n) is 10.2. The normalized spacial score (nSPS) is 17.0. The molecule has 1 aromatic heterocycles. The number of carbonyl (C=O) groups is 1. The molecule has 1 amide bonds. The van der Waals surface area contributed by atoms with Crippen molar-refractivity contribution < 1.29 is 4.79 Å². The molecule has 1 atom stereocenters. The number of fused-ring (bicyclic) bond motifs is 1. The molecule has 1 unspecified atom stereocenters. The molecule has 0 fully saturated rings. The number of anilines is 1. The van der Waals surface area contributed by atoms with Crippen molar-refractivity contribution in [2.45, 2.75) is 65.8 Å². The van der Waals surface area contributed by atoms with Gasteiger partial charge in [0.2, 0.25) is 0 Å². The van der Waals surface area contributed by atoms with Crippen LogP contribution in [0.5, 0.6) is 0 Å². The third kappa shape index (κ3) is 5.01. The summed E-state index contributed by atoms with van der Waals surface area (Å²) in [5.41, 5.74) is 9.78. The number of benzene rings is 2. The number of nitrogens with zero attached hydrogens (tertiary/aromatic N) is 3. The van der Waals surface area contributed by atoms with Crippen molar-refractivity contribution in [3.8, 4) is 5.69 Å². The summed E-state index contributed by atoms with van der Waals surface area (Å²) in [6.45, 7) is 14.2. The number of hydrazone groups is 1.